The summed E-state index contributed by atoms with van der Waals surface area (Å²) in [7, 11) is 0. The van der Waals surface area contributed by atoms with Crippen molar-refractivity contribution in [2.45, 2.75) is 26.3 Å². The minimum absolute atomic E-state index is 0.178. The van der Waals surface area contributed by atoms with Gasteiger partial charge in [-0.15, -0.1) is 22.7 Å². The third-order valence-corrected chi connectivity index (χ3v) is 5.56. The minimum Gasteiger partial charge on any atom is -0.309 e. The van der Waals surface area contributed by atoms with Crippen molar-refractivity contribution < 1.29 is 4.39 Å². The van der Waals surface area contributed by atoms with E-state index in [9.17, 15) is 4.39 Å². The lowest BCUT2D eigenvalue weighted by atomic mass is 10.1. The second-order valence-electron chi connectivity index (χ2n) is 5.03. The summed E-state index contributed by atoms with van der Waals surface area (Å²) in [5, 5.41) is 7.72. The molecule has 0 aliphatic heterocycles. The lowest BCUT2D eigenvalue weighted by Crippen LogP contribution is -2.22. The Morgan fingerprint density at radius 3 is 2.90 bits per heavy atom. The Morgan fingerprint density at radius 2 is 2.19 bits per heavy atom. The molecule has 0 fully saturated rings. The van der Waals surface area contributed by atoms with E-state index in [0.29, 0.717) is 0 Å². The van der Waals surface area contributed by atoms with Gasteiger partial charge in [-0.25, -0.2) is 9.37 Å². The van der Waals surface area contributed by atoms with Crippen molar-refractivity contribution in [2.24, 2.45) is 0 Å². The highest BCUT2D eigenvalue weighted by atomic mass is 32.1. The maximum Gasteiger partial charge on any atom is 0.123 e. The molecule has 2 nitrogen and oxygen atoms in total. The van der Waals surface area contributed by atoms with Gasteiger partial charge in [0.25, 0.3) is 0 Å². The Hall–Kier alpha value is -1.30. The number of aromatic nitrogens is 1. The molecule has 0 saturated heterocycles. The maximum atomic E-state index is 13.3. The van der Waals surface area contributed by atoms with E-state index in [1.165, 1.54) is 10.9 Å². The largest absolute Gasteiger partial charge is 0.309 e. The van der Waals surface area contributed by atoms with Crippen molar-refractivity contribution in [3.05, 3.63) is 51.0 Å². The van der Waals surface area contributed by atoms with Crippen LogP contribution in [0.25, 0.3) is 10.1 Å². The SMILES string of the molecule is CCNC(Cc1nc(C)cs1)c1cc2cc(F)ccc2s1. The molecule has 2 heterocycles. The van der Waals surface area contributed by atoms with Gasteiger partial charge in [0.15, 0.2) is 0 Å². The van der Waals surface area contributed by atoms with Crippen LogP contribution < -0.4 is 5.32 Å². The van der Waals surface area contributed by atoms with Gasteiger partial charge >= 0.3 is 0 Å². The van der Waals surface area contributed by atoms with E-state index in [-0.39, 0.29) is 11.9 Å². The van der Waals surface area contributed by atoms with Crippen LogP contribution >= 0.6 is 22.7 Å². The lowest BCUT2D eigenvalue weighted by Gasteiger charge is -2.14. The van der Waals surface area contributed by atoms with Crippen LogP contribution in [-0.2, 0) is 6.42 Å². The van der Waals surface area contributed by atoms with E-state index >= 15 is 0 Å². The Labute approximate surface area is 131 Å². The maximum absolute atomic E-state index is 13.3. The summed E-state index contributed by atoms with van der Waals surface area (Å²) >= 11 is 3.43. The number of nitrogens with one attached hydrogen (secondary N) is 1. The number of nitrogens with zero attached hydrogens (tertiary/aromatic N) is 1. The van der Waals surface area contributed by atoms with Crippen LogP contribution in [0.3, 0.4) is 0 Å². The first kappa shape index (κ1) is 14.6. The average Bonchev–Trinajstić information content (AvgIpc) is 3.04. The van der Waals surface area contributed by atoms with Crippen molar-refractivity contribution in [3.8, 4) is 0 Å². The molecule has 0 amide bonds. The monoisotopic (exact) mass is 320 g/mol. The van der Waals surface area contributed by atoms with Gasteiger partial charge in [0, 0.05) is 33.1 Å². The number of thiophene rings is 1. The van der Waals surface area contributed by atoms with Gasteiger partial charge in [0.1, 0.15) is 5.82 Å². The molecule has 21 heavy (non-hydrogen) atoms. The molecule has 3 aromatic rings. The van der Waals surface area contributed by atoms with Crippen LogP contribution in [0.5, 0.6) is 0 Å². The normalized spacial score (nSPS) is 12.9. The van der Waals surface area contributed by atoms with E-state index in [1.54, 1.807) is 28.7 Å². The Balaban J connectivity index is 1.90. The molecule has 0 spiro atoms. The second-order valence-corrected chi connectivity index (χ2v) is 7.09. The molecule has 0 aliphatic rings. The first-order valence-corrected chi connectivity index (χ1v) is 8.68. The van der Waals surface area contributed by atoms with Gasteiger partial charge in [-0.1, -0.05) is 6.92 Å². The zero-order valence-electron chi connectivity index (χ0n) is 12.0. The molecule has 1 N–H and O–H groups in total. The van der Waals surface area contributed by atoms with Gasteiger partial charge in [-0.2, -0.15) is 0 Å². The highest BCUT2D eigenvalue weighted by Crippen LogP contribution is 2.32. The summed E-state index contributed by atoms with van der Waals surface area (Å²) in [6.07, 6.45) is 0.877. The quantitative estimate of drug-likeness (QED) is 0.737. The standard InChI is InChI=1S/C16H17FN2S2/c1-3-18-13(8-16-19-10(2)9-20-16)15-7-11-6-12(17)4-5-14(11)21-15/h4-7,9,13,18H,3,8H2,1-2H3. The molecule has 0 aliphatic carbocycles. The van der Waals surface area contributed by atoms with Gasteiger partial charge in [0.05, 0.1) is 5.01 Å². The number of halogens is 1. The van der Waals surface area contributed by atoms with E-state index in [0.717, 1.165) is 33.8 Å². The van der Waals surface area contributed by atoms with E-state index in [2.05, 4.69) is 28.7 Å². The molecule has 0 radical (unpaired) electrons. The predicted octanol–water partition coefficient (Wildman–Crippen LogP) is 4.70. The molecule has 1 unspecified atom stereocenters. The summed E-state index contributed by atoms with van der Waals surface area (Å²) in [5.74, 6) is -0.178. The van der Waals surface area contributed by atoms with Crippen LogP contribution in [0.1, 0.15) is 28.5 Å². The molecule has 0 saturated carbocycles. The summed E-state index contributed by atoms with van der Waals surface area (Å²) < 4.78 is 14.5. The molecule has 2 aromatic heterocycles. The summed E-state index contributed by atoms with van der Waals surface area (Å²) in [4.78, 5) is 5.79. The van der Waals surface area contributed by atoms with Crippen molar-refractivity contribution in [3.63, 3.8) is 0 Å². The van der Waals surface area contributed by atoms with Gasteiger partial charge in [-0.3, -0.25) is 0 Å². The first-order valence-electron chi connectivity index (χ1n) is 6.99. The third kappa shape index (κ3) is 3.31. The molecule has 110 valence electrons. The van der Waals surface area contributed by atoms with Crippen LogP contribution in [0, 0.1) is 12.7 Å². The number of aryl methyl sites for hydroxylation is 1. The molecular formula is C16H17FN2S2. The molecule has 3 rings (SSSR count). The summed E-state index contributed by atoms with van der Waals surface area (Å²) in [5.41, 5.74) is 1.07. The zero-order chi connectivity index (χ0) is 14.8. The summed E-state index contributed by atoms with van der Waals surface area (Å²) in [6, 6.07) is 7.31. The Kier molecular flexibility index (Phi) is 4.33. The number of likely N-dealkylation sites (N-methyl/N-ethyl adjacent to an activating group) is 1. The van der Waals surface area contributed by atoms with Crippen molar-refractivity contribution in [2.75, 3.05) is 6.54 Å². The van der Waals surface area contributed by atoms with Gasteiger partial charge in [0.2, 0.25) is 0 Å². The molecule has 1 atom stereocenters. The smallest absolute Gasteiger partial charge is 0.123 e. The number of thiazole rings is 1. The fourth-order valence-electron chi connectivity index (χ4n) is 2.40. The highest BCUT2D eigenvalue weighted by molar-refractivity contribution is 7.19. The minimum atomic E-state index is -0.178. The third-order valence-electron chi connectivity index (χ3n) is 3.34. The van der Waals surface area contributed by atoms with E-state index in [4.69, 9.17) is 0 Å². The van der Waals surface area contributed by atoms with Crippen LogP contribution in [-0.4, -0.2) is 11.5 Å². The number of hydrogen-bond acceptors (Lipinski definition) is 4. The van der Waals surface area contributed by atoms with Gasteiger partial charge < -0.3 is 5.32 Å². The predicted molar refractivity (Wildman–Crippen MR) is 88.8 cm³/mol. The van der Waals surface area contributed by atoms with Crippen molar-refractivity contribution in [1.82, 2.24) is 10.3 Å². The van der Waals surface area contributed by atoms with Crippen LogP contribution in [0.15, 0.2) is 29.6 Å². The number of hydrogen-bond donors (Lipinski definition) is 1. The van der Waals surface area contributed by atoms with E-state index in [1.807, 2.05) is 13.0 Å². The molecule has 1 aromatic carbocycles. The van der Waals surface area contributed by atoms with Crippen LogP contribution in [0.2, 0.25) is 0 Å². The molecule has 0 bridgehead atoms. The fourth-order valence-corrected chi connectivity index (χ4v) is 4.34. The van der Waals surface area contributed by atoms with E-state index < -0.39 is 0 Å². The van der Waals surface area contributed by atoms with Gasteiger partial charge in [-0.05, 0) is 43.1 Å². The number of fused-ring (bicyclic) bond motifs is 1. The van der Waals surface area contributed by atoms with Crippen molar-refractivity contribution >= 4 is 32.8 Å². The Bertz CT molecular complexity index is 748. The second kappa shape index (κ2) is 6.22. The number of benzene rings is 1. The topological polar surface area (TPSA) is 24.9 Å². The molecular weight excluding hydrogens is 303 g/mol. The highest BCUT2D eigenvalue weighted by Gasteiger charge is 2.16. The lowest BCUT2D eigenvalue weighted by molar-refractivity contribution is 0.557. The Morgan fingerprint density at radius 1 is 1.33 bits per heavy atom. The average molecular weight is 320 g/mol. The molecule has 5 heteroatoms. The van der Waals surface area contributed by atoms with Crippen LogP contribution in [0.4, 0.5) is 4.39 Å². The number of rotatable bonds is 5. The fraction of sp³-hybridized carbons (Fsp3) is 0.312. The summed E-state index contributed by atoms with van der Waals surface area (Å²) in [6.45, 7) is 5.02. The zero-order valence-corrected chi connectivity index (χ0v) is 13.7. The van der Waals surface area contributed by atoms with Crippen molar-refractivity contribution in [1.29, 1.82) is 0 Å². The first-order chi connectivity index (χ1) is 10.2.